The molecule has 0 radical (unpaired) electrons. The molecule has 5 nitrogen and oxygen atoms in total. The van der Waals surface area contributed by atoms with Gasteiger partial charge in [0.25, 0.3) is 0 Å². The predicted octanol–water partition coefficient (Wildman–Crippen LogP) is 3.19. The van der Waals surface area contributed by atoms with Gasteiger partial charge in [-0.3, -0.25) is 4.79 Å². The highest BCUT2D eigenvalue weighted by molar-refractivity contribution is 5.75. The summed E-state index contributed by atoms with van der Waals surface area (Å²) in [5, 5.41) is 3.44. The second-order valence-corrected chi connectivity index (χ2v) is 8.52. The van der Waals surface area contributed by atoms with Crippen LogP contribution < -0.4 is 11.1 Å². The first-order valence-electron chi connectivity index (χ1n) is 10.1. The molecule has 1 aromatic rings. The quantitative estimate of drug-likeness (QED) is 0.368. The van der Waals surface area contributed by atoms with E-state index in [1.165, 1.54) is 5.57 Å². The van der Waals surface area contributed by atoms with E-state index in [0.717, 1.165) is 43.5 Å². The lowest BCUT2D eigenvalue weighted by atomic mass is 9.80. The van der Waals surface area contributed by atoms with Crippen molar-refractivity contribution in [2.24, 2.45) is 11.8 Å². The number of carbonyl (C=O) groups excluding carboxylic acids is 1. The van der Waals surface area contributed by atoms with E-state index in [2.05, 4.69) is 25.2 Å². The molecule has 146 valence electrons. The molecule has 1 aromatic carbocycles. The smallest absolute Gasteiger partial charge is 0.311 e. The average Bonchev–Trinajstić information content (AvgIpc) is 3.20. The van der Waals surface area contributed by atoms with Crippen molar-refractivity contribution in [1.29, 1.82) is 0 Å². The van der Waals surface area contributed by atoms with Crippen molar-refractivity contribution < 1.29 is 14.3 Å². The fraction of sp³-hybridized carbons (Fsp3) is 0.591. The number of nitrogen functional groups attached to an aromatic ring is 1. The first kappa shape index (κ1) is 18.5. The van der Waals surface area contributed by atoms with Gasteiger partial charge in [-0.25, -0.2) is 0 Å². The van der Waals surface area contributed by atoms with Crippen LogP contribution >= 0.6 is 0 Å². The monoisotopic (exact) mass is 370 g/mol. The number of epoxide rings is 1. The normalized spacial score (nSPS) is 35.6. The number of allylic oxidation sites excluding steroid dienone is 2. The second-order valence-electron chi connectivity index (χ2n) is 8.52. The first-order chi connectivity index (χ1) is 13.0. The minimum absolute atomic E-state index is 0.0559. The van der Waals surface area contributed by atoms with Crippen LogP contribution in [-0.2, 0) is 20.8 Å². The number of rotatable bonds is 4. The number of nitrogens with two attached hydrogens (primary N) is 1. The number of fused-ring (bicyclic) bond motifs is 3. The SMILES string of the molecule is CC1=CCC[C@@]2(C)O[C@H]2[C@H]2OC(=O)[C@@H](CNCc3ccc(N)cc3)[C@@H]2CC1. The third kappa shape index (κ3) is 3.90. The van der Waals surface area contributed by atoms with Crippen molar-refractivity contribution in [2.75, 3.05) is 12.3 Å². The lowest BCUT2D eigenvalue weighted by molar-refractivity contribution is -0.144. The molecular weight excluding hydrogens is 340 g/mol. The van der Waals surface area contributed by atoms with Crippen LogP contribution in [0.4, 0.5) is 5.69 Å². The van der Waals surface area contributed by atoms with Crippen LogP contribution in [0.5, 0.6) is 0 Å². The largest absolute Gasteiger partial charge is 0.459 e. The van der Waals surface area contributed by atoms with Gasteiger partial charge in [-0.2, -0.15) is 0 Å². The standard InChI is InChI=1S/C22H30N2O3/c1-14-4-3-11-22(2)20(27-22)19-17(10-5-14)18(21(25)26-19)13-24-12-15-6-8-16(23)9-7-15/h4,6-9,17-20,24H,3,5,10-13,23H2,1-2H3/t17-,18-,19-,20-,22+/m0/s1. The molecule has 1 aliphatic carbocycles. The highest BCUT2D eigenvalue weighted by Crippen LogP contribution is 2.50. The molecule has 0 saturated carbocycles. The number of ether oxygens (including phenoxy) is 2. The maximum Gasteiger partial charge on any atom is 0.311 e. The third-order valence-corrected chi connectivity index (χ3v) is 6.41. The van der Waals surface area contributed by atoms with Crippen molar-refractivity contribution in [3.63, 3.8) is 0 Å². The Kier molecular flexibility index (Phi) is 4.99. The highest BCUT2D eigenvalue weighted by atomic mass is 16.6. The van der Waals surface area contributed by atoms with Gasteiger partial charge < -0.3 is 20.5 Å². The van der Waals surface area contributed by atoms with E-state index in [0.29, 0.717) is 6.54 Å². The van der Waals surface area contributed by atoms with E-state index in [1.807, 2.05) is 24.3 Å². The number of hydrogen-bond acceptors (Lipinski definition) is 5. The van der Waals surface area contributed by atoms with Crippen LogP contribution in [-0.4, -0.2) is 30.3 Å². The molecule has 0 amide bonds. The summed E-state index contributed by atoms with van der Waals surface area (Å²) >= 11 is 0. The maximum atomic E-state index is 12.6. The molecule has 5 atom stereocenters. The summed E-state index contributed by atoms with van der Waals surface area (Å²) in [6, 6.07) is 7.83. The van der Waals surface area contributed by atoms with Crippen LogP contribution in [0.3, 0.4) is 0 Å². The first-order valence-corrected chi connectivity index (χ1v) is 10.1. The number of anilines is 1. The van der Waals surface area contributed by atoms with E-state index in [1.54, 1.807) is 0 Å². The molecule has 2 saturated heterocycles. The lowest BCUT2D eigenvalue weighted by Crippen LogP contribution is -2.34. The number of nitrogens with one attached hydrogen (secondary N) is 1. The molecule has 0 aromatic heterocycles. The van der Waals surface area contributed by atoms with Gasteiger partial charge in [-0.1, -0.05) is 23.8 Å². The van der Waals surface area contributed by atoms with E-state index in [9.17, 15) is 4.79 Å². The van der Waals surface area contributed by atoms with Gasteiger partial charge in [0.2, 0.25) is 0 Å². The summed E-state index contributed by atoms with van der Waals surface area (Å²) in [6.07, 6.45) is 6.32. The number of benzene rings is 1. The molecule has 0 bridgehead atoms. The number of hydrogen-bond donors (Lipinski definition) is 2. The summed E-state index contributed by atoms with van der Waals surface area (Å²) in [5.74, 6) is 0.0303. The summed E-state index contributed by atoms with van der Waals surface area (Å²) in [5.41, 5.74) is 8.93. The van der Waals surface area contributed by atoms with Crippen LogP contribution in [0.15, 0.2) is 35.9 Å². The predicted molar refractivity (Wildman–Crippen MR) is 105 cm³/mol. The van der Waals surface area contributed by atoms with E-state index in [4.69, 9.17) is 15.2 Å². The van der Waals surface area contributed by atoms with Gasteiger partial charge in [0.15, 0.2) is 0 Å². The van der Waals surface area contributed by atoms with E-state index in [-0.39, 0.29) is 35.6 Å². The van der Waals surface area contributed by atoms with Gasteiger partial charge in [0.1, 0.15) is 12.2 Å². The van der Waals surface area contributed by atoms with Gasteiger partial charge in [-0.05, 0) is 57.2 Å². The Labute approximate surface area is 161 Å². The zero-order valence-corrected chi connectivity index (χ0v) is 16.2. The van der Waals surface area contributed by atoms with Gasteiger partial charge in [0, 0.05) is 24.7 Å². The zero-order valence-electron chi connectivity index (χ0n) is 16.2. The molecule has 2 aliphatic heterocycles. The van der Waals surface area contributed by atoms with Crippen LogP contribution in [0, 0.1) is 11.8 Å². The van der Waals surface area contributed by atoms with Gasteiger partial charge in [0.05, 0.1) is 11.5 Å². The molecule has 0 spiro atoms. The summed E-state index contributed by atoms with van der Waals surface area (Å²) in [6.45, 7) is 5.70. The number of esters is 1. The van der Waals surface area contributed by atoms with Gasteiger partial charge >= 0.3 is 5.97 Å². The Morgan fingerprint density at radius 2 is 2.07 bits per heavy atom. The molecule has 2 fully saturated rings. The summed E-state index contributed by atoms with van der Waals surface area (Å²) < 4.78 is 11.9. The Balaban J connectivity index is 1.43. The molecular formula is C22H30N2O3. The Morgan fingerprint density at radius 1 is 1.30 bits per heavy atom. The van der Waals surface area contributed by atoms with E-state index < -0.39 is 0 Å². The van der Waals surface area contributed by atoms with Crippen molar-refractivity contribution in [1.82, 2.24) is 5.32 Å². The maximum absolute atomic E-state index is 12.6. The van der Waals surface area contributed by atoms with Crippen molar-refractivity contribution in [3.8, 4) is 0 Å². The molecule has 3 N–H and O–H groups in total. The molecule has 3 aliphatic rings. The van der Waals surface area contributed by atoms with Crippen molar-refractivity contribution in [2.45, 2.75) is 63.9 Å². The Morgan fingerprint density at radius 3 is 2.85 bits per heavy atom. The average molecular weight is 370 g/mol. The third-order valence-electron chi connectivity index (χ3n) is 6.41. The fourth-order valence-corrected chi connectivity index (χ4v) is 4.58. The summed E-state index contributed by atoms with van der Waals surface area (Å²) in [4.78, 5) is 12.6. The van der Waals surface area contributed by atoms with Gasteiger partial charge in [-0.15, -0.1) is 0 Å². The minimum Gasteiger partial charge on any atom is -0.459 e. The Hall–Kier alpha value is -1.85. The second kappa shape index (κ2) is 7.28. The summed E-state index contributed by atoms with van der Waals surface area (Å²) in [7, 11) is 0. The van der Waals surface area contributed by atoms with Crippen LogP contribution in [0.1, 0.15) is 45.1 Å². The Bertz CT molecular complexity index is 730. The molecule has 5 heteroatoms. The van der Waals surface area contributed by atoms with Crippen LogP contribution in [0.2, 0.25) is 0 Å². The highest BCUT2D eigenvalue weighted by Gasteiger charge is 2.62. The molecule has 27 heavy (non-hydrogen) atoms. The van der Waals surface area contributed by atoms with Crippen molar-refractivity contribution >= 4 is 11.7 Å². The minimum atomic E-state index is -0.135. The fourth-order valence-electron chi connectivity index (χ4n) is 4.58. The molecule has 0 unspecified atom stereocenters. The molecule has 2 heterocycles. The topological polar surface area (TPSA) is 76.9 Å². The zero-order chi connectivity index (χ0) is 19.0. The van der Waals surface area contributed by atoms with Crippen LogP contribution in [0.25, 0.3) is 0 Å². The van der Waals surface area contributed by atoms with E-state index >= 15 is 0 Å². The number of carbonyl (C=O) groups is 1. The van der Waals surface area contributed by atoms with Crippen molar-refractivity contribution in [3.05, 3.63) is 41.5 Å². The molecule has 4 rings (SSSR count). The lowest BCUT2D eigenvalue weighted by Gasteiger charge is -2.22.